The molecule has 1 aromatic heterocycles. The number of para-hydroxylation sites is 1. The molecule has 0 spiro atoms. The van der Waals surface area contributed by atoms with Crippen molar-refractivity contribution in [3.05, 3.63) is 53.0 Å². The minimum atomic E-state index is 0.527. The van der Waals surface area contributed by atoms with Crippen molar-refractivity contribution >= 4 is 27.9 Å². The molecular weight excluding hydrogens is 224 g/mol. The second-order valence-electron chi connectivity index (χ2n) is 4.34. The van der Waals surface area contributed by atoms with Crippen LogP contribution in [0.15, 0.2) is 47.6 Å². The van der Waals surface area contributed by atoms with Gasteiger partial charge in [0.15, 0.2) is 0 Å². The number of rotatable bonds is 0. The maximum absolute atomic E-state index is 5.08. The van der Waals surface area contributed by atoms with E-state index >= 15 is 0 Å². The van der Waals surface area contributed by atoms with Crippen LogP contribution < -0.4 is 10.6 Å². The average molecular weight is 234 g/mol. The zero-order valence-corrected chi connectivity index (χ0v) is 9.63. The lowest BCUT2D eigenvalue weighted by molar-refractivity contribution is 0.166. The molecule has 0 N–H and O–H groups in total. The molecule has 4 rings (SSSR count). The number of aromatic nitrogens is 1. The maximum Gasteiger partial charge on any atom is 0.136 e. The Labute approximate surface area is 103 Å². The highest BCUT2D eigenvalue weighted by atomic mass is 16.6. The van der Waals surface area contributed by atoms with E-state index in [1.807, 2.05) is 30.3 Å². The highest BCUT2D eigenvalue weighted by Gasteiger charge is 2.04. The fraction of sp³-hybridized carbons (Fsp3) is 0.0667. The Morgan fingerprint density at radius 2 is 1.94 bits per heavy atom. The van der Waals surface area contributed by atoms with Gasteiger partial charge in [-0.2, -0.15) is 0 Å². The summed E-state index contributed by atoms with van der Waals surface area (Å²) in [4.78, 5) is 9.76. The molecule has 0 aliphatic carbocycles. The van der Waals surface area contributed by atoms with Crippen molar-refractivity contribution in [2.75, 3.05) is 6.61 Å². The molecule has 3 aromatic rings. The Morgan fingerprint density at radius 1 is 1.00 bits per heavy atom. The Hall–Kier alpha value is -2.42. The van der Waals surface area contributed by atoms with E-state index in [0.717, 1.165) is 32.4 Å². The highest BCUT2D eigenvalue weighted by molar-refractivity contribution is 5.93. The van der Waals surface area contributed by atoms with E-state index in [-0.39, 0.29) is 0 Å². The first kappa shape index (κ1) is 9.59. The Bertz CT molecular complexity index is 884. The highest BCUT2D eigenvalue weighted by Crippen LogP contribution is 2.16. The quantitative estimate of drug-likeness (QED) is 0.555. The first-order valence-corrected chi connectivity index (χ1v) is 5.90. The molecule has 0 bridgehead atoms. The zero-order chi connectivity index (χ0) is 11.9. The van der Waals surface area contributed by atoms with E-state index in [1.54, 1.807) is 0 Å². The Morgan fingerprint density at radius 3 is 2.94 bits per heavy atom. The summed E-state index contributed by atoms with van der Waals surface area (Å²) in [5, 5.41) is 8.36. The number of fused-ring (bicyclic) bond motifs is 4. The van der Waals surface area contributed by atoms with Gasteiger partial charge in [0.2, 0.25) is 0 Å². The second-order valence-corrected chi connectivity index (χ2v) is 4.34. The van der Waals surface area contributed by atoms with Gasteiger partial charge in [-0.05, 0) is 30.3 Å². The minimum Gasteiger partial charge on any atom is -0.391 e. The predicted octanol–water partition coefficient (Wildman–Crippen LogP) is 1.73. The van der Waals surface area contributed by atoms with Crippen LogP contribution in [-0.4, -0.2) is 11.6 Å². The van der Waals surface area contributed by atoms with Crippen molar-refractivity contribution in [1.29, 1.82) is 0 Å². The molecule has 2 aromatic carbocycles. The van der Waals surface area contributed by atoms with Gasteiger partial charge in [-0.1, -0.05) is 23.4 Å². The van der Waals surface area contributed by atoms with Crippen LogP contribution in [0.25, 0.3) is 27.9 Å². The van der Waals surface area contributed by atoms with Gasteiger partial charge >= 0.3 is 0 Å². The molecule has 1 aliphatic heterocycles. The zero-order valence-electron chi connectivity index (χ0n) is 9.63. The number of hydrogen-bond acceptors (Lipinski definition) is 3. The summed E-state index contributed by atoms with van der Waals surface area (Å²) in [7, 11) is 0. The van der Waals surface area contributed by atoms with Gasteiger partial charge in [0, 0.05) is 16.0 Å². The molecular formula is C15H10N2O. The lowest BCUT2D eigenvalue weighted by Gasteiger charge is -2.05. The van der Waals surface area contributed by atoms with Crippen LogP contribution in [0.1, 0.15) is 0 Å². The van der Waals surface area contributed by atoms with E-state index in [4.69, 9.17) is 4.84 Å². The third-order valence-electron chi connectivity index (χ3n) is 3.24. The number of nitrogens with zero attached hydrogens (tertiary/aromatic N) is 2. The van der Waals surface area contributed by atoms with E-state index in [1.165, 1.54) is 0 Å². The summed E-state index contributed by atoms with van der Waals surface area (Å²) in [5.41, 5.74) is 2.02. The van der Waals surface area contributed by atoms with Crippen molar-refractivity contribution in [3.8, 4) is 0 Å². The van der Waals surface area contributed by atoms with Crippen LogP contribution in [0.4, 0.5) is 0 Å². The first-order chi connectivity index (χ1) is 8.92. The van der Waals surface area contributed by atoms with E-state index in [9.17, 15) is 0 Å². The number of pyridine rings is 1. The normalized spacial score (nSPS) is 13.6. The lowest BCUT2D eigenvalue weighted by atomic mass is 10.1. The van der Waals surface area contributed by atoms with E-state index in [2.05, 4.69) is 28.3 Å². The van der Waals surface area contributed by atoms with Gasteiger partial charge in [0.25, 0.3) is 0 Å². The number of hydrogen-bond donors (Lipinski definition) is 0. The average Bonchev–Trinajstić information content (AvgIpc) is 2.45. The van der Waals surface area contributed by atoms with E-state index < -0.39 is 0 Å². The number of benzene rings is 2. The molecule has 0 amide bonds. The van der Waals surface area contributed by atoms with Crippen LogP contribution in [0.2, 0.25) is 0 Å². The third kappa shape index (κ3) is 1.31. The van der Waals surface area contributed by atoms with Crippen molar-refractivity contribution in [2.45, 2.75) is 0 Å². The SMILES string of the molecule is C1=c2c(ccc3nc4ccccc4cc23)=NOC1. The van der Waals surface area contributed by atoms with Gasteiger partial charge in [0.05, 0.1) is 11.0 Å². The van der Waals surface area contributed by atoms with E-state index in [0.29, 0.717) is 6.61 Å². The predicted molar refractivity (Wildman–Crippen MR) is 70.4 cm³/mol. The monoisotopic (exact) mass is 234 g/mol. The Balaban J connectivity index is 2.26. The summed E-state index contributed by atoms with van der Waals surface area (Å²) < 4.78 is 0. The largest absolute Gasteiger partial charge is 0.391 e. The molecule has 0 unspecified atom stereocenters. The fourth-order valence-corrected chi connectivity index (χ4v) is 2.38. The summed E-state index contributed by atoms with van der Waals surface area (Å²) in [5.74, 6) is 0. The Kier molecular flexibility index (Phi) is 1.88. The van der Waals surface area contributed by atoms with Crippen molar-refractivity contribution < 1.29 is 4.84 Å². The molecule has 0 radical (unpaired) electrons. The topological polar surface area (TPSA) is 34.5 Å². The first-order valence-electron chi connectivity index (χ1n) is 5.90. The van der Waals surface area contributed by atoms with Crippen LogP contribution >= 0.6 is 0 Å². The van der Waals surface area contributed by atoms with Crippen LogP contribution in [0.3, 0.4) is 0 Å². The van der Waals surface area contributed by atoms with Gasteiger partial charge in [-0.3, -0.25) is 0 Å². The molecule has 0 saturated heterocycles. The van der Waals surface area contributed by atoms with Crippen LogP contribution in [-0.2, 0) is 4.84 Å². The molecule has 86 valence electrons. The molecule has 0 saturated carbocycles. The van der Waals surface area contributed by atoms with Gasteiger partial charge in [-0.15, -0.1) is 0 Å². The third-order valence-corrected chi connectivity index (χ3v) is 3.24. The lowest BCUT2D eigenvalue weighted by Crippen LogP contribution is -2.29. The summed E-state index contributed by atoms with van der Waals surface area (Å²) >= 11 is 0. The molecule has 3 heteroatoms. The molecule has 3 nitrogen and oxygen atoms in total. The van der Waals surface area contributed by atoms with Crippen LogP contribution in [0, 0.1) is 0 Å². The second kappa shape index (κ2) is 3.53. The smallest absolute Gasteiger partial charge is 0.136 e. The maximum atomic E-state index is 5.08. The summed E-state index contributed by atoms with van der Waals surface area (Å²) in [6.07, 6.45) is 2.06. The minimum absolute atomic E-state index is 0.527. The summed E-state index contributed by atoms with van der Waals surface area (Å²) in [6, 6.07) is 14.3. The van der Waals surface area contributed by atoms with Gasteiger partial charge < -0.3 is 4.84 Å². The molecule has 0 atom stereocenters. The standard InChI is InChI=1S/C15H10N2O/c1-2-4-13-10(3-1)9-12-11-7-8-18-17-15(11)6-5-14(12)16-13/h1-7,9H,8H2. The molecule has 18 heavy (non-hydrogen) atoms. The molecule has 0 fully saturated rings. The van der Waals surface area contributed by atoms with Crippen molar-refractivity contribution in [3.63, 3.8) is 0 Å². The van der Waals surface area contributed by atoms with Gasteiger partial charge in [-0.25, -0.2) is 4.98 Å². The molecule has 2 heterocycles. The van der Waals surface area contributed by atoms with Crippen molar-refractivity contribution in [2.24, 2.45) is 5.16 Å². The van der Waals surface area contributed by atoms with Crippen molar-refractivity contribution in [1.82, 2.24) is 4.98 Å². The molecule has 1 aliphatic rings. The summed E-state index contributed by atoms with van der Waals surface area (Å²) in [6.45, 7) is 0.527. The van der Waals surface area contributed by atoms with Gasteiger partial charge in [0.1, 0.15) is 12.0 Å². The van der Waals surface area contributed by atoms with Crippen LogP contribution in [0.5, 0.6) is 0 Å². The fourth-order valence-electron chi connectivity index (χ4n) is 2.38.